The maximum Gasteiger partial charge on any atom is 0.434 e. The summed E-state index contributed by atoms with van der Waals surface area (Å²) in [4.78, 5) is 126. The maximum absolute atomic E-state index is 15.8. The summed E-state index contributed by atoms with van der Waals surface area (Å²) in [5, 5.41) is 82.0. The lowest BCUT2D eigenvalue weighted by Crippen LogP contribution is -2.57. The number of aliphatic hydroxyl groups is 4. The Bertz CT molecular complexity index is 4890. The van der Waals surface area contributed by atoms with Crippen LogP contribution in [0.25, 0.3) is 11.8 Å². The van der Waals surface area contributed by atoms with Gasteiger partial charge in [0.25, 0.3) is 5.91 Å². The molecule has 794 valence electrons. The van der Waals surface area contributed by atoms with E-state index in [4.69, 9.17) is 82.7 Å². The molecular formula is C90H120ClF7N18O28. The van der Waals surface area contributed by atoms with E-state index in [0.29, 0.717) is 54.3 Å². The van der Waals surface area contributed by atoms with Crippen LogP contribution in [0.5, 0.6) is 0 Å². The number of nitrogens with zero attached hydrogens (tertiary/aromatic N) is 11. The number of likely N-dealkylation sites (N-methyl/N-ethyl adjacent to an activating group) is 1. The summed E-state index contributed by atoms with van der Waals surface area (Å²) in [6.45, 7) is 2.48. The number of hydrogen-bond acceptors (Lipinski definition) is 37. The summed E-state index contributed by atoms with van der Waals surface area (Å²) in [6, 6.07) is 7.68. The molecule has 4 aliphatic rings. The monoisotopic (exact) mass is 2070 g/mol. The number of halogens is 8. The van der Waals surface area contributed by atoms with Gasteiger partial charge in [-0.3, -0.25) is 48.4 Å². The molecule has 3 fully saturated rings. The minimum atomic E-state index is -4.73. The quantitative estimate of drug-likeness (QED) is 0.0143. The van der Waals surface area contributed by atoms with Crippen molar-refractivity contribution in [3.8, 4) is 5.69 Å². The van der Waals surface area contributed by atoms with Gasteiger partial charge < -0.3 is 144 Å². The van der Waals surface area contributed by atoms with Crippen LogP contribution in [0.15, 0.2) is 85.7 Å². The molecule has 0 aliphatic carbocycles. The van der Waals surface area contributed by atoms with E-state index in [1.54, 1.807) is 11.0 Å². The fourth-order valence-electron chi connectivity index (χ4n) is 14.9. The molecule has 3 aromatic carbocycles. The van der Waals surface area contributed by atoms with E-state index in [1.807, 2.05) is 18.0 Å². The summed E-state index contributed by atoms with van der Waals surface area (Å²) < 4.78 is 179. The summed E-state index contributed by atoms with van der Waals surface area (Å²) in [6.07, 6.45) is -9.60. The standard InChI is InChI=1S/C90H120ClF7N18O28/c1-113-21-22-114(79(122)47-113)66-11-6-57(80-61(66)14-20-115(82(80)87(127)106-59-7-4-58(5-8-59)88(128)129)78(121)13-9-62-67(116-56-104-111-112-116)12-10-63(91)81(62)92)3-2-17-101-76(119)54-141-41-37-136-38-42-142-55-77(120)105-60(48-137-23-15-74(117)102-18-25-130-27-29-132-31-33-134-35-39-139-52-68-85(125)83(123)64(50-143-68)107-72-45-99-43-70(109-72)89(93,94)95)49-138-24-16-75(118)103-19-26-131-28-30-133-32-34-135-36-40-140-53-69-86(126)84(124)65(51-144-69)108-73-46-100-44-71(110-73)90(96,97)98/h4-13,43-46,56,60,64-65,68-69,82-86,123-126H,2-3,14-42,47-55H2,1H3,(H,101,119)(H,102,117)(H,103,118)(H,105,120)(H,106,127)(H,107,109)(H,108,110)(H,128,129)/b13-9+/t60?,64-,65?,68+,69+,82-,83+,84+,85-,86-/m0/s1. The Balaban J connectivity index is 0.598. The number of anilines is 4. The molecule has 7 heterocycles. The van der Waals surface area contributed by atoms with E-state index in [-0.39, 0.29) is 294 Å². The van der Waals surface area contributed by atoms with E-state index in [0.717, 1.165) is 18.5 Å². The fourth-order valence-corrected chi connectivity index (χ4v) is 15.0. The number of carbonyl (C=O) groups excluding carboxylic acids is 7. The van der Waals surface area contributed by atoms with Gasteiger partial charge in [0.05, 0.1) is 238 Å². The van der Waals surface area contributed by atoms with Crippen LogP contribution in [0.1, 0.15) is 69.3 Å². The van der Waals surface area contributed by atoms with Crippen LogP contribution in [0, 0.1) is 5.82 Å². The number of alkyl halides is 6. The lowest BCUT2D eigenvalue weighted by Gasteiger charge is -2.40. The van der Waals surface area contributed by atoms with Gasteiger partial charge in [0, 0.05) is 75.1 Å². The van der Waals surface area contributed by atoms with Gasteiger partial charge in [-0.05, 0) is 102 Å². The zero-order chi connectivity index (χ0) is 103. The highest BCUT2D eigenvalue weighted by atomic mass is 35.5. The van der Waals surface area contributed by atoms with Crippen LogP contribution in [-0.2, 0) is 130 Å². The molecule has 4 aliphatic heterocycles. The molecule has 12 N–H and O–H groups in total. The molecule has 54 heteroatoms. The van der Waals surface area contributed by atoms with E-state index in [2.05, 4.69) is 72.7 Å². The number of aliphatic hydroxyl groups excluding tert-OH is 4. The minimum absolute atomic E-state index is 0.00162. The normalized spacial score (nSPS) is 19.1. The Kier molecular flexibility index (Phi) is 48.5. The Labute approximate surface area is 826 Å². The molecular weight excluding hydrogens is 1950 g/mol. The number of benzene rings is 3. The number of aryl methyl sites for hydroxylation is 1. The molecule has 0 saturated carbocycles. The fraction of sp³-hybridized carbons (Fsp3) is 0.589. The van der Waals surface area contributed by atoms with Crippen LogP contribution in [0.4, 0.5) is 53.7 Å². The Hall–Kier alpha value is -11.0. The highest BCUT2D eigenvalue weighted by molar-refractivity contribution is 6.31. The van der Waals surface area contributed by atoms with Crippen molar-refractivity contribution in [1.82, 2.24) is 71.2 Å². The van der Waals surface area contributed by atoms with Crippen LogP contribution in [0.2, 0.25) is 5.02 Å². The third kappa shape index (κ3) is 38.4. The van der Waals surface area contributed by atoms with Crippen molar-refractivity contribution in [2.45, 2.75) is 105 Å². The highest BCUT2D eigenvalue weighted by Gasteiger charge is 2.44. The Morgan fingerprint density at radius 3 is 1.56 bits per heavy atom. The summed E-state index contributed by atoms with van der Waals surface area (Å²) in [5.74, 6) is -5.86. The van der Waals surface area contributed by atoms with E-state index in [1.165, 1.54) is 58.4 Å². The first-order valence-electron chi connectivity index (χ1n) is 46.3. The molecule has 10 atom stereocenters. The largest absolute Gasteiger partial charge is 0.478 e. The van der Waals surface area contributed by atoms with Gasteiger partial charge >= 0.3 is 18.3 Å². The summed E-state index contributed by atoms with van der Waals surface area (Å²) >= 11 is 6.22. The first-order valence-corrected chi connectivity index (χ1v) is 46.6. The van der Waals surface area contributed by atoms with Gasteiger partial charge in [-0.15, -0.1) is 5.10 Å². The van der Waals surface area contributed by atoms with Crippen LogP contribution >= 0.6 is 11.6 Å². The average Bonchev–Trinajstić information content (AvgIpc) is 1.06. The molecule has 144 heavy (non-hydrogen) atoms. The topological polar surface area (TPSA) is 565 Å². The molecule has 3 saturated heterocycles. The number of tetrazole rings is 1. The molecule has 3 aromatic heterocycles. The number of rotatable bonds is 64. The number of carboxylic acids is 1. The van der Waals surface area contributed by atoms with Crippen LogP contribution in [0.3, 0.4) is 0 Å². The number of hydrogen-bond donors (Lipinski definition) is 12. The molecule has 0 spiro atoms. The first kappa shape index (κ1) is 115. The number of amides is 7. The van der Waals surface area contributed by atoms with Gasteiger partial charge in [0.2, 0.25) is 35.4 Å². The van der Waals surface area contributed by atoms with Crippen molar-refractivity contribution in [2.75, 3.05) is 259 Å². The van der Waals surface area contributed by atoms with Crippen LogP contribution in [-0.4, -0.2) is 415 Å². The lowest BCUT2D eigenvalue weighted by atomic mass is 9.84. The van der Waals surface area contributed by atoms with Gasteiger partial charge in [0.15, 0.2) is 17.2 Å². The highest BCUT2D eigenvalue weighted by Crippen LogP contribution is 2.41. The molecule has 46 nitrogen and oxygen atoms in total. The number of fused-ring (bicyclic) bond motifs is 1. The van der Waals surface area contributed by atoms with Gasteiger partial charge in [-0.25, -0.2) is 19.2 Å². The number of piperazine rings is 1. The predicted molar refractivity (Wildman–Crippen MR) is 491 cm³/mol. The molecule has 2 unspecified atom stereocenters. The number of nitrogens with one attached hydrogen (secondary N) is 7. The minimum Gasteiger partial charge on any atom is -0.478 e. The van der Waals surface area contributed by atoms with Gasteiger partial charge in [-0.2, -0.15) is 31.0 Å². The third-order valence-corrected chi connectivity index (χ3v) is 22.5. The van der Waals surface area contributed by atoms with E-state index >= 15 is 4.39 Å². The van der Waals surface area contributed by atoms with Crippen molar-refractivity contribution in [1.29, 1.82) is 0 Å². The zero-order valence-corrected chi connectivity index (χ0v) is 79.5. The second kappa shape index (κ2) is 60.8. The molecule has 0 bridgehead atoms. The summed E-state index contributed by atoms with van der Waals surface area (Å²) in [7, 11) is 1.82. The second-order valence-electron chi connectivity index (χ2n) is 32.7. The van der Waals surface area contributed by atoms with Crippen LogP contribution < -0.4 is 42.1 Å². The number of carbonyl (C=O) groups is 8. The van der Waals surface area contributed by atoms with Gasteiger partial charge in [0.1, 0.15) is 73.8 Å². The summed E-state index contributed by atoms with van der Waals surface area (Å²) in [5.41, 5.74) is -0.0509. The number of ether oxygens (including phenoxy) is 15. The smallest absolute Gasteiger partial charge is 0.434 e. The molecule has 7 amide bonds. The Morgan fingerprint density at radius 1 is 0.562 bits per heavy atom. The van der Waals surface area contributed by atoms with E-state index in [9.17, 15) is 90.2 Å². The van der Waals surface area contributed by atoms with Crippen molar-refractivity contribution in [2.24, 2.45) is 0 Å². The van der Waals surface area contributed by atoms with Gasteiger partial charge in [-0.1, -0.05) is 17.7 Å². The first-order chi connectivity index (χ1) is 69.4. The zero-order valence-electron chi connectivity index (χ0n) is 78.8. The Morgan fingerprint density at radius 2 is 1.06 bits per heavy atom. The molecule has 10 rings (SSSR count). The second-order valence-corrected chi connectivity index (χ2v) is 33.2. The molecule has 0 radical (unpaired) electrons. The number of aromatic nitrogens is 8. The van der Waals surface area contributed by atoms with Crippen molar-refractivity contribution in [3.63, 3.8) is 0 Å². The van der Waals surface area contributed by atoms with Crippen molar-refractivity contribution >= 4 is 88.0 Å². The number of aromatic carboxylic acids is 1. The third-order valence-electron chi connectivity index (χ3n) is 22.2. The van der Waals surface area contributed by atoms with E-state index < -0.39 is 127 Å². The molecule has 6 aromatic rings. The lowest BCUT2D eigenvalue weighted by molar-refractivity contribution is -0.161. The maximum atomic E-state index is 15.8. The predicted octanol–water partition coefficient (Wildman–Crippen LogP) is 0.791. The van der Waals surface area contributed by atoms with Crippen molar-refractivity contribution in [3.05, 3.63) is 136 Å². The average molecular weight is 2070 g/mol. The SMILES string of the molecule is CN1CCN(c2ccc(CCCNC(=O)COCCOCCOCC(=O)NC(COCCC(=O)NCCOCCOCCOCCOC[C@H]3OC[C@H](Nc4cncc(C(F)(F)F)n4)[C@@H](O)[C@H]3O)COCCC(=O)NCCOCCOCCOCCOC[C@H]3OCC(Nc4cncc(C(F)(F)F)n4)[C@@H](O)[C@H]3O)c3c2CCN(C(=O)/C=C/c2c(-n4cnnn4)ccc(Cl)c2F)[C@@H]3C(=O)Nc2ccc(C(=O)O)cc2)C(=O)C1. The van der Waals surface area contributed by atoms with Crippen molar-refractivity contribution < 1.29 is 166 Å². The number of carboxylic acid groups (broad SMARTS) is 1.